The molecule has 1 aromatic rings. The molecule has 0 radical (unpaired) electrons. The van der Waals surface area contributed by atoms with Crippen LogP contribution in [0.4, 0.5) is 11.4 Å². The minimum atomic E-state index is -0.566. The van der Waals surface area contributed by atoms with Gasteiger partial charge in [-0.15, -0.1) is 12.4 Å². The Bertz CT molecular complexity index is 559. The number of nitrogens with two attached hydrogens (primary N) is 1. The first-order chi connectivity index (χ1) is 9.99. The summed E-state index contributed by atoms with van der Waals surface area (Å²) >= 11 is 0. The van der Waals surface area contributed by atoms with Gasteiger partial charge in [0.25, 0.3) is 11.6 Å². The van der Waals surface area contributed by atoms with Crippen LogP contribution in [0.3, 0.4) is 0 Å². The molecule has 0 aliphatic carbocycles. The number of benzene rings is 1. The Morgan fingerprint density at radius 1 is 1.55 bits per heavy atom. The zero-order chi connectivity index (χ0) is 15.4. The van der Waals surface area contributed by atoms with Crippen molar-refractivity contribution in [2.75, 3.05) is 25.4 Å². The first-order valence-electron chi connectivity index (χ1n) is 7.02. The minimum absolute atomic E-state index is 0. The molecular weight excluding hydrogens is 308 g/mol. The molecule has 22 heavy (non-hydrogen) atoms. The highest BCUT2D eigenvalue weighted by molar-refractivity contribution is 6.01. The average Bonchev–Trinajstić information content (AvgIpc) is 2.93. The number of nitro groups is 1. The minimum Gasteiger partial charge on any atom is -0.393 e. The maximum atomic E-state index is 12.1. The zero-order valence-corrected chi connectivity index (χ0v) is 13.2. The van der Waals surface area contributed by atoms with E-state index in [9.17, 15) is 14.9 Å². The lowest BCUT2D eigenvalue weighted by Gasteiger charge is -2.11. The number of nitro benzene ring substituents is 1. The third-order valence-electron chi connectivity index (χ3n) is 3.74. The van der Waals surface area contributed by atoms with Crippen molar-refractivity contribution in [3.8, 4) is 0 Å². The second kappa shape index (κ2) is 7.95. The smallest absolute Gasteiger partial charge is 0.293 e. The van der Waals surface area contributed by atoms with Crippen molar-refractivity contribution in [2.45, 2.75) is 19.8 Å². The standard InChI is InChI=1S/C14H20N4O3.ClH/c1-9-6-11(13(15)12(7-9)18(20)21)14(19)17-5-3-10-2-4-16-8-10;/h6-7,10,16H,2-5,8,15H2,1H3,(H,17,19);1H. The summed E-state index contributed by atoms with van der Waals surface area (Å²) in [5.41, 5.74) is 6.25. The molecule has 1 aromatic carbocycles. The fraction of sp³-hybridized carbons (Fsp3) is 0.500. The van der Waals surface area contributed by atoms with Crippen molar-refractivity contribution < 1.29 is 9.72 Å². The molecule has 0 aromatic heterocycles. The fourth-order valence-corrected chi connectivity index (χ4v) is 2.56. The predicted octanol–water partition coefficient (Wildman–Crippen LogP) is 1.64. The first kappa shape index (κ1) is 18.2. The summed E-state index contributed by atoms with van der Waals surface area (Å²) in [6, 6.07) is 2.95. The highest BCUT2D eigenvalue weighted by atomic mass is 35.5. The van der Waals surface area contributed by atoms with Crippen LogP contribution in [0.2, 0.25) is 0 Å². The number of nitrogens with zero attached hydrogens (tertiary/aromatic N) is 1. The molecule has 1 aliphatic rings. The van der Waals surface area contributed by atoms with E-state index in [1.165, 1.54) is 6.07 Å². The molecule has 8 heteroatoms. The van der Waals surface area contributed by atoms with Gasteiger partial charge in [-0.3, -0.25) is 14.9 Å². The van der Waals surface area contributed by atoms with E-state index in [0.717, 1.165) is 25.9 Å². The summed E-state index contributed by atoms with van der Waals surface area (Å²) in [6.07, 6.45) is 2.01. The van der Waals surface area contributed by atoms with Gasteiger partial charge in [-0.2, -0.15) is 0 Å². The van der Waals surface area contributed by atoms with Gasteiger partial charge in [0.2, 0.25) is 0 Å². The van der Waals surface area contributed by atoms with Gasteiger partial charge in [0.1, 0.15) is 5.69 Å². The highest BCUT2D eigenvalue weighted by Crippen LogP contribution is 2.27. The van der Waals surface area contributed by atoms with E-state index in [0.29, 0.717) is 18.0 Å². The number of nitrogens with one attached hydrogen (secondary N) is 2. The van der Waals surface area contributed by atoms with Crippen molar-refractivity contribution in [1.82, 2.24) is 10.6 Å². The number of rotatable bonds is 5. The van der Waals surface area contributed by atoms with Crippen LogP contribution in [-0.2, 0) is 0 Å². The molecule has 1 unspecified atom stereocenters. The Hall–Kier alpha value is -1.86. The molecular formula is C14H21ClN4O3. The van der Waals surface area contributed by atoms with E-state index in [1.807, 2.05) is 0 Å². The van der Waals surface area contributed by atoms with E-state index in [1.54, 1.807) is 13.0 Å². The van der Waals surface area contributed by atoms with Crippen LogP contribution in [-0.4, -0.2) is 30.5 Å². The molecule has 0 bridgehead atoms. The third-order valence-corrected chi connectivity index (χ3v) is 3.74. The molecule has 1 fully saturated rings. The van der Waals surface area contributed by atoms with E-state index < -0.39 is 4.92 Å². The highest BCUT2D eigenvalue weighted by Gasteiger charge is 2.21. The lowest BCUT2D eigenvalue weighted by molar-refractivity contribution is -0.384. The maximum absolute atomic E-state index is 12.1. The van der Waals surface area contributed by atoms with Crippen LogP contribution >= 0.6 is 12.4 Å². The quantitative estimate of drug-likeness (QED) is 0.432. The molecule has 1 atom stereocenters. The number of carbonyl (C=O) groups excluding carboxylic acids is 1. The molecule has 0 spiro atoms. The first-order valence-corrected chi connectivity index (χ1v) is 7.02. The number of carbonyl (C=O) groups is 1. The number of hydrogen-bond donors (Lipinski definition) is 3. The summed E-state index contributed by atoms with van der Waals surface area (Å²) < 4.78 is 0. The van der Waals surface area contributed by atoms with Crippen molar-refractivity contribution >= 4 is 29.7 Å². The van der Waals surface area contributed by atoms with Crippen LogP contribution in [0, 0.1) is 23.0 Å². The second-order valence-corrected chi connectivity index (χ2v) is 5.41. The third kappa shape index (κ3) is 4.32. The van der Waals surface area contributed by atoms with Crippen molar-refractivity contribution in [2.24, 2.45) is 5.92 Å². The predicted molar refractivity (Wildman–Crippen MR) is 87.4 cm³/mol. The van der Waals surface area contributed by atoms with Gasteiger partial charge in [0.05, 0.1) is 10.5 Å². The molecule has 1 heterocycles. The van der Waals surface area contributed by atoms with Crippen molar-refractivity contribution in [1.29, 1.82) is 0 Å². The summed E-state index contributed by atoms with van der Waals surface area (Å²) in [7, 11) is 0. The summed E-state index contributed by atoms with van der Waals surface area (Å²) in [5, 5.41) is 17.0. The summed E-state index contributed by atoms with van der Waals surface area (Å²) in [6.45, 7) is 4.25. The van der Waals surface area contributed by atoms with Gasteiger partial charge < -0.3 is 16.4 Å². The Labute approximate surface area is 135 Å². The summed E-state index contributed by atoms with van der Waals surface area (Å²) in [4.78, 5) is 22.5. The Morgan fingerprint density at radius 3 is 2.86 bits per heavy atom. The Balaban J connectivity index is 0.00000242. The number of halogens is 1. The topological polar surface area (TPSA) is 110 Å². The van der Waals surface area contributed by atoms with E-state index in [4.69, 9.17) is 5.73 Å². The van der Waals surface area contributed by atoms with Crippen molar-refractivity contribution in [3.63, 3.8) is 0 Å². The van der Waals surface area contributed by atoms with Gasteiger partial charge in [0, 0.05) is 12.6 Å². The number of aryl methyl sites for hydroxylation is 1. The van der Waals surface area contributed by atoms with Gasteiger partial charge in [0.15, 0.2) is 0 Å². The molecule has 1 saturated heterocycles. The van der Waals surface area contributed by atoms with Gasteiger partial charge >= 0.3 is 0 Å². The van der Waals surface area contributed by atoms with E-state index in [-0.39, 0.29) is 35.3 Å². The van der Waals surface area contributed by atoms with Crippen LogP contribution in [0.1, 0.15) is 28.8 Å². The fourth-order valence-electron chi connectivity index (χ4n) is 2.56. The number of amides is 1. The number of nitrogen functional groups attached to an aromatic ring is 1. The normalized spacial score (nSPS) is 16.9. The molecule has 122 valence electrons. The van der Waals surface area contributed by atoms with Gasteiger partial charge in [-0.1, -0.05) is 0 Å². The molecule has 0 saturated carbocycles. The Morgan fingerprint density at radius 2 is 2.27 bits per heavy atom. The largest absolute Gasteiger partial charge is 0.393 e. The van der Waals surface area contributed by atoms with Crippen molar-refractivity contribution in [3.05, 3.63) is 33.4 Å². The monoisotopic (exact) mass is 328 g/mol. The molecule has 7 nitrogen and oxygen atoms in total. The lowest BCUT2D eigenvalue weighted by Crippen LogP contribution is -2.27. The SMILES string of the molecule is Cc1cc(C(=O)NCCC2CCNC2)c(N)c([N+](=O)[O-])c1.Cl. The maximum Gasteiger partial charge on any atom is 0.293 e. The zero-order valence-electron chi connectivity index (χ0n) is 12.4. The molecule has 4 N–H and O–H groups in total. The van der Waals surface area contributed by atoms with Crippen LogP contribution in [0.15, 0.2) is 12.1 Å². The van der Waals surface area contributed by atoms with Crippen LogP contribution in [0.25, 0.3) is 0 Å². The summed E-state index contributed by atoms with van der Waals surface area (Å²) in [5.74, 6) is 0.222. The molecule has 1 amide bonds. The molecule has 1 aliphatic heterocycles. The van der Waals surface area contributed by atoms with Crippen LogP contribution < -0.4 is 16.4 Å². The van der Waals surface area contributed by atoms with Gasteiger partial charge in [-0.05, 0) is 50.4 Å². The Kier molecular flexibility index (Phi) is 6.58. The van der Waals surface area contributed by atoms with Crippen LogP contribution in [0.5, 0.6) is 0 Å². The average molecular weight is 329 g/mol. The van der Waals surface area contributed by atoms with E-state index >= 15 is 0 Å². The molecule has 2 rings (SSSR count). The van der Waals surface area contributed by atoms with Gasteiger partial charge in [-0.25, -0.2) is 0 Å². The lowest BCUT2D eigenvalue weighted by atomic mass is 10.0. The van der Waals surface area contributed by atoms with E-state index in [2.05, 4.69) is 10.6 Å². The number of hydrogen-bond acceptors (Lipinski definition) is 5. The second-order valence-electron chi connectivity index (χ2n) is 5.41. The number of anilines is 1.